The van der Waals surface area contributed by atoms with Gasteiger partial charge in [-0.3, -0.25) is 9.98 Å². The molecule has 4 unspecified atom stereocenters. The number of halogens is 2. The van der Waals surface area contributed by atoms with Crippen molar-refractivity contribution in [2.75, 3.05) is 0 Å². The topological polar surface area (TPSA) is 43.2 Å². The van der Waals surface area contributed by atoms with Crippen LogP contribution >= 0.6 is 28.5 Å². The summed E-state index contributed by atoms with van der Waals surface area (Å²) in [6, 6.07) is 28.4. The third-order valence-electron chi connectivity index (χ3n) is 5.05. The van der Waals surface area contributed by atoms with Gasteiger partial charge in [0.15, 0.2) is 12.5 Å². The van der Waals surface area contributed by atoms with Gasteiger partial charge in [-0.25, -0.2) is 0 Å². The number of nitrogens with zero attached hydrogens (tertiary/aromatic N) is 2. The van der Waals surface area contributed by atoms with Crippen molar-refractivity contribution in [2.24, 2.45) is 9.98 Å². The molecule has 3 aromatic rings. The summed E-state index contributed by atoms with van der Waals surface area (Å²) in [7, 11) is 1.25. The first-order chi connectivity index (χ1) is 15.3. The van der Waals surface area contributed by atoms with E-state index < -0.39 is 0 Å². The number of rotatable bonds is 4. The molecule has 0 N–H and O–H groups in total. The summed E-state index contributed by atoms with van der Waals surface area (Å²) in [6.07, 6.45) is 2.78. The van der Waals surface area contributed by atoms with E-state index in [4.69, 9.17) is 9.47 Å². The summed E-state index contributed by atoms with van der Waals surface area (Å²) in [5.74, 6) is 0. The van der Waals surface area contributed by atoms with Gasteiger partial charge in [0.1, 0.15) is 12.2 Å². The molecular formula is C24H20Br2N2NiO2. The van der Waals surface area contributed by atoms with E-state index in [0.717, 1.165) is 22.3 Å². The molecule has 5 rings (SSSR count). The second kappa shape index (κ2) is 11.3. The van der Waals surface area contributed by atoms with Crippen LogP contribution < -0.4 is 0 Å². The minimum atomic E-state index is -0.351. The van der Waals surface area contributed by atoms with Gasteiger partial charge in [-0.2, -0.15) is 0 Å². The molecule has 0 radical (unpaired) electrons. The first-order valence-corrected chi connectivity index (χ1v) is 14.6. The Morgan fingerprint density at radius 3 is 1.32 bits per heavy atom. The van der Waals surface area contributed by atoms with Crippen LogP contribution in [0.5, 0.6) is 0 Å². The van der Waals surface area contributed by atoms with Gasteiger partial charge in [-0.05, 0) is 11.1 Å². The summed E-state index contributed by atoms with van der Waals surface area (Å²) in [6.45, 7) is 0. The summed E-state index contributed by atoms with van der Waals surface area (Å²) in [5.41, 5.74) is 4.19. The van der Waals surface area contributed by atoms with Gasteiger partial charge >= 0.3 is 39.3 Å². The molecule has 2 aliphatic heterocycles. The zero-order valence-electron chi connectivity index (χ0n) is 16.3. The van der Waals surface area contributed by atoms with Crippen molar-refractivity contribution in [2.45, 2.75) is 24.7 Å². The van der Waals surface area contributed by atoms with Gasteiger partial charge in [0.05, 0.1) is 0 Å². The molecule has 0 aromatic heterocycles. The van der Waals surface area contributed by atoms with Crippen molar-refractivity contribution in [3.8, 4) is 0 Å². The zero-order valence-corrected chi connectivity index (χ0v) is 20.5. The Bertz CT molecular complexity index is 952. The minimum absolute atomic E-state index is 0.135. The molecule has 31 heavy (non-hydrogen) atoms. The molecule has 7 heteroatoms. The van der Waals surface area contributed by atoms with Crippen molar-refractivity contribution in [1.82, 2.24) is 0 Å². The van der Waals surface area contributed by atoms with Crippen molar-refractivity contribution in [3.05, 3.63) is 107 Å². The zero-order chi connectivity index (χ0) is 21.5. The van der Waals surface area contributed by atoms with Crippen molar-refractivity contribution < 1.29 is 20.4 Å². The molecule has 0 fully saturated rings. The second-order valence-corrected chi connectivity index (χ2v) is 11.9. The molecule has 2 aliphatic rings. The van der Waals surface area contributed by atoms with Crippen LogP contribution in [0.1, 0.15) is 46.9 Å². The number of hydrogen-bond acceptors (Lipinski definition) is 4. The SMILES string of the molecule is C1=NC(c2ccccc2C2N=CC(c3ccccc3)O2)OC1c1ccccc1.[Br][Ni][Br]. The Morgan fingerprint density at radius 1 is 0.581 bits per heavy atom. The molecule has 0 spiro atoms. The predicted molar refractivity (Wildman–Crippen MR) is 127 cm³/mol. The van der Waals surface area contributed by atoms with Gasteiger partial charge in [0.2, 0.25) is 0 Å². The van der Waals surface area contributed by atoms with E-state index in [9.17, 15) is 0 Å². The third-order valence-corrected chi connectivity index (χ3v) is 5.05. The summed E-state index contributed by atoms with van der Waals surface area (Å²) in [5, 5.41) is 0. The molecule has 3 aromatic carbocycles. The molecule has 0 saturated carbocycles. The molecule has 0 aliphatic carbocycles. The first kappa shape index (κ1) is 22.6. The molecule has 0 saturated heterocycles. The van der Waals surface area contributed by atoms with Crippen LogP contribution in [0.15, 0.2) is 94.9 Å². The Hall–Kier alpha value is -1.63. The van der Waals surface area contributed by atoms with Gasteiger partial charge in [-0.15, -0.1) is 0 Å². The van der Waals surface area contributed by atoms with Gasteiger partial charge in [0, 0.05) is 23.6 Å². The number of benzene rings is 3. The number of hydrogen-bond donors (Lipinski definition) is 0. The van der Waals surface area contributed by atoms with Crippen LogP contribution in [0.3, 0.4) is 0 Å². The van der Waals surface area contributed by atoms with Gasteiger partial charge < -0.3 is 9.47 Å². The van der Waals surface area contributed by atoms with Crippen LogP contribution in [0.25, 0.3) is 0 Å². The third kappa shape index (κ3) is 5.60. The van der Waals surface area contributed by atoms with E-state index in [2.05, 4.69) is 62.7 Å². The quantitative estimate of drug-likeness (QED) is 0.307. The van der Waals surface area contributed by atoms with Crippen LogP contribution in [-0.2, 0) is 20.4 Å². The monoisotopic (exact) mass is 584 g/mol. The molecule has 0 bridgehead atoms. The van der Waals surface area contributed by atoms with Gasteiger partial charge in [0.25, 0.3) is 0 Å². The fraction of sp³-hybridized carbons (Fsp3) is 0.167. The average Bonchev–Trinajstić information content (AvgIpc) is 3.51. The van der Waals surface area contributed by atoms with Crippen molar-refractivity contribution in [1.29, 1.82) is 0 Å². The molecular weight excluding hydrogens is 567 g/mol. The number of ether oxygens (including phenoxy) is 2. The molecule has 4 nitrogen and oxygen atoms in total. The normalized spacial score (nSPS) is 24.2. The average molecular weight is 587 g/mol. The van der Waals surface area contributed by atoms with E-state index in [-0.39, 0.29) is 24.7 Å². The van der Waals surface area contributed by atoms with E-state index in [1.54, 1.807) is 0 Å². The molecule has 2 heterocycles. The molecule has 4 atom stereocenters. The fourth-order valence-corrected chi connectivity index (χ4v) is 3.61. The van der Waals surface area contributed by atoms with E-state index >= 15 is 0 Å². The maximum absolute atomic E-state index is 6.22. The predicted octanol–water partition coefficient (Wildman–Crippen LogP) is 7.06. The standard InChI is InChI=1S/C24H20N2O2.2BrH.Ni/c1-3-9-17(10-4-1)21-15-25-23(27-21)19-13-7-8-14-20(19)24-26-16-22(28-24)18-11-5-2-6-12-18;;;/h1-16,21-24H;2*1H;/q;;;+2/p-2. The van der Waals surface area contributed by atoms with Crippen molar-refractivity contribution in [3.63, 3.8) is 0 Å². The summed E-state index contributed by atoms with van der Waals surface area (Å²) in [4.78, 5) is 9.24. The molecule has 0 amide bonds. The van der Waals surface area contributed by atoms with Crippen molar-refractivity contribution >= 4 is 40.9 Å². The Labute approximate surface area is 202 Å². The van der Waals surface area contributed by atoms with E-state index in [0.29, 0.717) is 0 Å². The van der Waals surface area contributed by atoms with Crippen LogP contribution in [0, 0.1) is 0 Å². The van der Waals surface area contributed by atoms with Crippen LogP contribution in [0.2, 0.25) is 0 Å². The first-order valence-electron chi connectivity index (χ1n) is 9.68. The molecule has 162 valence electrons. The van der Waals surface area contributed by atoms with Crippen LogP contribution in [0.4, 0.5) is 0 Å². The Kier molecular flexibility index (Phi) is 8.23. The Balaban J connectivity index is 0.000000730. The van der Waals surface area contributed by atoms with E-state index in [1.807, 2.05) is 73.1 Å². The maximum atomic E-state index is 6.22. The second-order valence-electron chi connectivity index (χ2n) is 6.91. The summed E-state index contributed by atoms with van der Waals surface area (Å²) >= 11 is 6.00. The number of aliphatic imine (C=N–C) groups is 2. The van der Waals surface area contributed by atoms with E-state index in [1.165, 1.54) is 10.9 Å². The van der Waals surface area contributed by atoms with Gasteiger partial charge in [-0.1, -0.05) is 84.9 Å². The van der Waals surface area contributed by atoms with Crippen LogP contribution in [-0.4, -0.2) is 12.4 Å². The summed E-state index contributed by atoms with van der Waals surface area (Å²) < 4.78 is 12.4. The Morgan fingerprint density at radius 2 is 0.935 bits per heavy atom. The fourth-order valence-electron chi connectivity index (χ4n) is 3.61.